The van der Waals surface area contributed by atoms with Gasteiger partial charge in [0.1, 0.15) is 5.75 Å². The second-order valence-corrected chi connectivity index (χ2v) is 5.88. The van der Waals surface area contributed by atoms with Crippen LogP contribution in [0.25, 0.3) is 0 Å². The van der Waals surface area contributed by atoms with E-state index in [0.717, 1.165) is 62.8 Å². The molecule has 1 aromatic rings. The fourth-order valence-electron chi connectivity index (χ4n) is 2.65. The Kier molecular flexibility index (Phi) is 5.79. The average molecular weight is 334 g/mol. The molecular formula is C16H22N4O2S. The first kappa shape index (κ1) is 16.2. The summed E-state index contributed by atoms with van der Waals surface area (Å²) in [5.74, 6) is 0.880. The number of benzene rings is 1. The Morgan fingerprint density at radius 1 is 1.22 bits per heavy atom. The van der Waals surface area contributed by atoms with Crippen molar-refractivity contribution in [2.24, 2.45) is 5.10 Å². The van der Waals surface area contributed by atoms with Crippen molar-refractivity contribution in [3.05, 3.63) is 29.8 Å². The monoisotopic (exact) mass is 334 g/mol. The maximum Gasteiger partial charge on any atom is 0.187 e. The molecule has 1 saturated heterocycles. The van der Waals surface area contributed by atoms with Gasteiger partial charge in [0.2, 0.25) is 0 Å². The highest BCUT2D eigenvalue weighted by Crippen LogP contribution is 2.24. The van der Waals surface area contributed by atoms with E-state index in [0.29, 0.717) is 11.7 Å². The lowest BCUT2D eigenvalue weighted by atomic mass is 10.0. The molecule has 6 nitrogen and oxygen atoms in total. The van der Waals surface area contributed by atoms with Gasteiger partial charge in [-0.2, -0.15) is 5.10 Å². The summed E-state index contributed by atoms with van der Waals surface area (Å²) >= 11 is 5.28. The van der Waals surface area contributed by atoms with Gasteiger partial charge in [0.25, 0.3) is 0 Å². The highest BCUT2D eigenvalue weighted by molar-refractivity contribution is 7.80. The third kappa shape index (κ3) is 4.63. The summed E-state index contributed by atoms with van der Waals surface area (Å²) in [7, 11) is 0. The normalized spacial score (nSPS) is 19.7. The van der Waals surface area contributed by atoms with Gasteiger partial charge in [-0.3, -0.25) is 10.3 Å². The molecule has 0 aliphatic carbocycles. The minimum atomic E-state index is 0.551. The van der Waals surface area contributed by atoms with E-state index in [9.17, 15) is 0 Å². The lowest BCUT2D eigenvalue weighted by Crippen LogP contribution is -2.43. The molecule has 7 heteroatoms. The van der Waals surface area contributed by atoms with Crippen LogP contribution in [0.4, 0.5) is 0 Å². The topological polar surface area (TPSA) is 58.1 Å². The van der Waals surface area contributed by atoms with E-state index < -0.39 is 0 Å². The van der Waals surface area contributed by atoms with Gasteiger partial charge in [-0.1, -0.05) is 12.1 Å². The average Bonchev–Trinajstić information content (AvgIpc) is 2.61. The Morgan fingerprint density at radius 2 is 2.04 bits per heavy atom. The Labute approximate surface area is 141 Å². The fraction of sp³-hybridized carbons (Fsp3) is 0.500. The quantitative estimate of drug-likeness (QED) is 0.632. The van der Waals surface area contributed by atoms with Crippen molar-refractivity contribution < 1.29 is 9.47 Å². The first-order valence-corrected chi connectivity index (χ1v) is 8.36. The van der Waals surface area contributed by atoms with Crippen LogP contribution in [0, 0.1) is 0 Å². The van der Waals surface area contributed by atoms with E-state index in [4.69, 9.17) is 21.7 Å². The van der Waals surface area contributed by atoms with Crippen LogP contribution in [-0.2, 0) is 4.74 Å². The number of fused-ring (bicyclic) bond motifs is 1. The Bertz CT molecular complexity index is 573. The molecule has 0 unspecified atom stereocenters. The number of ether oxygens (including phenoxy) is 2. The first-order valence-electron chi connectivity index (χ1n) is 7.95. The number of para-hydroxylation sites is 1. The summed E-state index contributed by atoms with van der Waals surface area (Å²) in [6.07, 6.45) is 0.778. The van der Waals surface area contributed by atoms with E-state index in [1.165, 1.54) is 0 Å². The number of hydrogen-bond donors (Lipinski definition) is 2. The van der Waals surface area contributed by atoms with Gasteiger partial charge in [0.15, 0.2) is 5.11 Å². The predicted molar refractivity (Wildman–Crippen MR) is 94.1 cm³/mol. The second-order valence-electron chi connectivity index (χ2n) is 5.47. The van der Waals surface area contributed by atoms with Crippen molar-refractivity contribution in [1.82, 2.24) is 15.6 Å². The molecule has 1 aromatic carbocycles. The van der Waals surface area contributed by atoms with E-state index >= 15 is 0 Å². The summed E-state index contributed by atoms with van der Waals surface area (Å²) < 4.78 is 11.0. The number of hydrogen-bond acceptors (Lipinski definition) is 5. The van der Waals surface area contributed by atoms with Crippen LogP contribution >= 0.6 is 12.2 Å². The Hall–Kier alpha value is -1.70. The molecule has 0 saturated carbocycles. The lowest BCUT2D eigenvalue weighted by Gasteiger charge is -2.26. The molecule has 0 bridgehead atoms. The number of nitrogens with zero attached hydrogens (tertiary/aromatic N) is 2. The van der Waals surface area contributed by atoms with Crippen molar-refractivity contribution in [2.45, 2.75) is 6.42 Å². The molecule has 3 rings (SSSR count). The van der Waals surface area contributed by atoms with Gasteiger partial charge in [-0.15, -0.1) is 0 Å². The molecule has 0 amide bonds. The first-order chi connectivity index (χ1) is 11.3. The van der Waals surface area contributed by atoms with Crippen LogP contribution in [0.2, 0.25) is 0 Å². The van der Waals surface area contributed by atoms with Crippen LogP contribution in [0.1, 0.15) is 12.0 Å². The van der Waals surface area contributed by atoms with Crippen LogP contribution in [0.3, 0.4) is 0 Å². The third-order valence-corrected chi connectivity index (χ3v) is 4.14. The molecule has 2 aliphatic heterocycles. The number of morpholine rings is 1. The zero-order chi connectivity index (χ0) is 15.9. The second kappa shape index (κ2) is 8.24. The van der Waals surface area contributed by atoms with Gasteiger partial charge in [-0.05, 0) is 24.4 Å². The summed E-state index contributed by atoms with van der Waals surface area (Å²) in [5, 5.41) is 8.18. The van der Waals surface area contributed by atoms with E-state index in [1.54, 1.807) is 0 Å². The smallest absolute Gasteiger partial charge is 0.187 e. The summed E-state index contributed by atoms with van der Waals surface area (Å²) in [6.45, 7) is 6.02. The summed E-state index contributed by atoms with van der Waals surface area (Å²) in [6, 6.07) is 7.93. The summed E-state index contributed by atoms with van der Waals surface area (Å²) in [4.78, 5) is 2.36. The zero-order valence-electron chi connectivity index (χ0n) is 13.1. The third-order valence-electron chi connectivity index (χ3n) is 3.90. The molecule has 1 fully saturated rings. The van der Waals surface area contributed by atoms with Gasteiger partial charge in [0.05, 0.1) is 25.5 Å². The standard InChI is InChI=1S/C16H22N4O2S/c23-16(17-6-7-20-8-11-21-12-9-20)19-18-14-5-10-22-15-4-2-1-3-13(14)15/h1-4H,5-12H2,(H2,17,19,23)/b18-14-. The molecule has 124 valence electrons. The van der Waals surface area contributed by atoms with Crippen molar-refractivity contribution in [1.29, 1.82) is 0 Å². The molecule has 0 atom stereocenters. The Morgan fingerprint density at radius 3 is 2.91 bits per heavy atom. The van der Waals surface area contributed by atoms with Crippen molar-refractivity contribution in [3.63, 3.8) is 0 Å². The van der Waals surface area contributed by atoms with Crippen LogP contribution < -0.4 is 15.5 Å². The highest BCUT2D eigenvalue weighted by Gasteiger charge is 2.16. The lowest BCUT2D eigenvalue weighted by molar-refractivity contribution is 0.0389. The number of thiocarbonyl (C=S) groups is 1. The van der Waals surface area contributed by atoms with Crippen molar-refractivity contribution in [2.75, 3.05) is 46.0 Å². The minimum absolute atomic E-state index is 0.551. The SMILES string of the molecule is S=C(NCCN1CCOCC1)N/N=C1/CCOc2ccccc21. The summed E-state index contributed by atoms with van der Waals surface area (Å²) in [5.41, 5.74) is 4.95. The van der Waals surface area contributed by atoms with E-state index in [-0.39, 0.29) is 0 Å². The van der Waals surface area contributed by atoms with Gasteiger partial charge < -0.3 is 14.8 Å². The van der Waals surface area contributed by atoms with Crippen LogP contribution in [0.15, 0.2) is 29.4 Å². The molecule has 2 N–H and O–H groups in total. The van der Waals surface area contributed by atoms with Crippen LogP contribution in [-0.4, -0.2) is 61.7 Å². The van der Waals surface area contributed by atoms with Crippen molar-refractivity contribution in [3.8, 4) is 5.75 Å². The van der Waals surface area contributed by atoms with Gasteiger partial charge in [-0.25, -0.2) is 0 Å². The van der Waals surface area contributed by atoms with Crippen molar-refractivity contribution >= 4 is 23.0 Å². The zero-order valence-corrected chi connectivity index (χ0v) is 13.9. The van der Waals surface area contributed by atoms with E-state index in [1.807, 2.05) is 24.3 Å². The highest BCUT2D eigenvalue weighted by atomic mass is 32.1. The van der Waals surface area contributed by atoms with Gasteiger partial charge >= 0.3 is 0 Å². The molecule has 23 heavy (non-hydrogen) atoms. The van der Waals surface area contributed by atoms with Crippen LogP contribution in [0.5, 0.6) is 5.75 Å². The largest absolute Gasteiger partial charge is 0.492 e. The number of rotatable bonds is 4. The predicted octanol–water partition coefficient (Wildman–Crippen LogP) is 0.970. The number of nitrogens with one attached hydrogen (secondary N) is 2. The maximum atomic E-state index is 5.62. The molecule has 0 aromatic heterocycles. The molecule has 0 radical (unpaired) electrons. The minimum Gasteiger partial charge on any atom is -0.492 e. The fourth-order valence-corrected chi connectivity index (χ4v) is 2.80. The Balaban J connectivity index is 1.45. The molecule has 2 heterocycles. The van der Waals surface area contributed by atoms with Gasteiger partial charge in [0, 0.05) is 38.2 Å². The molecule has 0 spiro atoms. The molecular weight excluding hydrogens is 312 g/mol. The maximum absolute atomic E-state index is 5.62. The molecule has 2 aliphatic rings. The number of hydrazone groups is 1. The van der Waals surface area contributed by atoms with E-state index in [2.05, 4.69) is 20.7 Å².